The van der Waals surface area contributed by atoms with E-state index >= 15 is 0 Å². The SMILES string of the molecule is CCN1CCC(Nc2ccc(C)cc2)(C(=O)OC)CC1. The van der Waals surface area contributed by atoms with Crippen molar-refractivity contribution in [1.82, 2.24) is 4.90 Å². The van der Waals surface area contributed by atoms with E-state index in [1.54, 1.807) is 0 Å². The molecule has 0 radical (unpaired) electrons. The number of benzene rings is 1. The quantitative estimate of drug-likeness (QED) is 0.858. The van der Waals surface area contributed by atoms with Gasteiger partial charge in [0.25, 0.3) is 0 Å². The molecule has 110 valence electrons. The molecule has 0 aromatic heterocycles. The van der Waals surface area contributed by atoms with Crippen LogP contribution in [-0.2, 0) is 9.53 Å². The van der Waals surface area contributed by atoms with Crippen LogP contribution >= 0.6 is 0 Å². The van der Waals surface area contributed by atoms with E-state index in [-0.39, 0.29) is 5.97 Å². The second-order valence-corrected chi connectivity index (χ2v) is 5.50. The van der Waals surface area contributed by atoms with Gasteiger partial charge < -0.3 is 15.0 Å². The minimum atomic E-state index is -0.588. The molecule has 1 saturated heterocycles. The lowest BCUT2D eigenvalue weighted by molar-refractivity contribution is -0.147. The van der Waals surface area contributed by atoms with Crippen molar-refractivity contribution >= 4 is 11.7 Å². The van der Waals surface area contributed by atoms with Crippen LogP contribution in [0.15, 0.2) is 24.3 Å². The van der Waals surface area contributed by atoms with Gasteiger partial charge in [-0.2, -0.15) is 0 Å². The van der Waals surface area contributed by atoms with Crippen molar-refractivity contribution in [3.8, 4) is 0 Å². The number of hydrogen-bond donors (Lipinski definition) is 1. The zero-order valence-corrected chi connectivity index (χ0v) is 12.6. The van der Waals surface area contributed by atoms with Gasteiger partial charge in [0.1, 0.15) is 5.54 Å². The van der Waals surface area contributed by atoms with E-state index in [0.717, 1.165) is 38.2 Å². The zero-order valence-electron chi connectivity index (χ0n) is 12.6. The molecule has 1 aromatic carbocycles. The molecule has 20 heavy (non-hydrogen) atoms. The molecule has 0 amide bonds. The van der Waals surface area contributed by atoms with E-state index in [2.05, 4.69) is 36.2 Å². The van der Waals surface area contributed by atoms with Crippen LogP contribution < -0.4 is 5.32 Å². The number of anilines is 1. The molecule has 1 N–H and O–H groups in total. The number of nitrogens with zero attached hydrogens (tertiary/aromatic N) is 1. The summed E-state index contributed by atoms with van der Waals surface area (Å²) in [5.74, 6) is -0.158. The van der Waals surface area contributed by atoms with Gasteiger partial charge in [-0.15, -0.1) is 0 Å². The number of methoxy groups -OCH3 is 1. The van der Waals surface area contributed by atoms with Gasteiger partial charge in [0.2, 0.25) is 0 Å². The number of carbonyl (C=O) groups is 1. The van der Waals surface area contributed by atoms with Crippen molar-refractivity contribution in [3.05, 3.63) is 29.8 Å². The molecule has 1 aliphatic rings. The fraction of sp³-hybridized carbons (Fsp3) is 0.562. The van der Waals surface area contributed by atoms with Crippen LogP contribution in [0.5, 0.6) is 0 Å². The molecular weight excluding hydrogens is 252 g/mol. The summed E-state index contributed by atoms with van der Waals surface area (Å²) in [7, 11) is 1.47. The Bertz CT molecular complexity index is 448. The lowest BCUT2D eigenvalue weighted by atomic mass is 9.87. The number of esters is 1. The lowest BCUT2D eigenvalue weighted by Gasteiger charge is -2.40. The third kappa shape index (κ3) is 3.12. The number of ether oxygens (including phenoxy) is 1. The summed E-state index contributed by atoms with van der Waals surface area (Å²) in [5, 5.41) is 3.42. The van der Waals surface area contributed by atoms with Crippen LogP contribution in [0, 0.1) is 6.92 Å². The first-order chi connectivity index (χ1) is 9.59. The highest BCUT2D eigenvalue weighted by atomic mass is 16.5. The van der Waals surface area contributed by atoms with Gasteiger partial charge >= 0.3 is 5.97 Å². The van der Waals surface area contributed by atoms with Crippen molar-refractivity contribution in [2.24, 2.45) is 0 Å². The van der Waals surface area contributed by atoms with Gasteiger partial charge in [-0.05, 0) is 38.4 Å². The molecule has 0 bridgehead atoms. The van der Waals surface area contributed by atoms with Gasteiger partial charge in [-0.3, -0.25) is 0 Å². The standard InChI is InChI=1S/C16H24N2O2/c1-4-18-11-9-16(10-12-18,15(19)20-3)17-14-7-5-13(2)6-8-14/h5-8,17H,4,9-12H2,1-3H3. The number of piperidine rings is 1. The van der Waals surface area contributed by atoms with Gasteiger partial charge in [0.15, 0.2) is 0 Å². The highest BCUT2D eigenvalue weighted by Crippen LogP contribution is 2.28. The van der Waals surface area contributed by atoms with Crippen molar-refractivity contribution < 1.29 is 9.53 Å². The van der Waals surface area contributed by atoms with Crippen LogP contribution in [0.3, 0.4) is 0 Å². The first kappa shape index (κ1) is 14.9. The molecule has 4 nitrogen and oxygen atoms in total. The Kier molecular flexibility index (Phi) is 4.65. The Morgan fingerprint density at radius 1 is 1.30 bits per heavy atom. The van der Waals surface area contributed by atoms with E-state index < -0.39 is 5.54 Å². The minimum Gasteiger partial charge on any atom is -0.467 e. The van der Waals surface area contributed by atoms with Gasteiger partial charge in [-0.1, -0.05) is 24.6 Å². The maximum Gasteiger partial charge on any atom is 0.331 e. The van der Waals surface area contributed by atoms with E-state index in [9.17, 15) is 4.79 Å². The summed E-state index contributed by atoms with van der Waals surface area (Å²) in [6.45, 7) is 7.08. The molecule has 0 spiro atoms. The van der Waals surface area contributed by atoms with E-state index in [1.807, 2.05) is 12.1 Å². The van der Waals surface area contributed by atoms with Crippen molar-refractivity contribution in [3.63, 3.8) is 0 Å². The zero-order chi connectivity index (χ0) is 14.6. The third-order valence-electron chi connectivity index (χ3n) is 4.17. The predicted molar refractivity (Wildman–Crippen MR) is 80.9 cm³/mol. The normalized spacial score (nSPS) is 18.6. The van der Waals surface area contributed by atoms with Crippen LogP contribution in [0.25, 0.3) is 0 Å². The number of rotatable bonds is 4. The molecule has 0 atom stereocenters. The minimum absolute atomic E-state index is 0.158. The van der Waals surface area contributed by atoms with E-state index in [0.29, 0.717) is 0 Å². The second-order valence-electron chi connectivity index (χ2n) is 5.50. The third-order valence-corrected chi connectivity index (χ3v) is 4.17. The summed E-state index contributed by atoms with van der Waals surface area (Å²) < 4.78 is 5.04. The second kappa shape index (κ2) is 6.27. The summed E-state index contributed by atoms with van der Waals surface area (Å²) in [5.41, 5.74) is 1.60. The summed E-state index contributed by atoms with van der Waals surface area (Å²) in [4.78, 5) is 14.6. The largest absolute Gasteiger partial charge is 0.467 e. The van der Waals surface area contributed by atoms with Gasteiger partial charge in [0, 0.05) is 18.8 Å². The van der Waals surface area contributed by atoms with Crippen molar-refractivity contribution in [2.75, 3.05) is 32.1 Å². The van der Waals surface area contributed by atoms with Gasteiger partial charge in [-0.25, -0.2) is 4.79 Å². The summed E-state index contributed by atoms with van der Waals surface area (Å²) >= 11 is 0. The number of nitrogens with one attached hydrogen (secondary N) is 1. The van der Waals surface area contributed by atoms with Gasteiger partial charge in [0.05, 0.1) is 7.11 Å². The highest BCUT2D eigenvalue weighted by Gasteiger charge is 2.42. The Labute approximate surface area is 121 Å². The first-order valence-electron chi connectivity index (χ1n) is 7.25. The fourth-order valence-corrected chi connectivity index (χ4v) is 2.74. The van der Waals surface area contributed by atoms with E-state index in [1.165, 1.54) is 12.7 Å². The number of carbonyl (C=O) groups excluding carboxylic acids is 1. The van der Waals surface area contributed by atoms with Crippen LogP contribution in [0.1, 0.15) is 25.3 Å². The van der Waals surface area contributed by atoms with Crippen LogP contribution in [-0.4, -0.2) is 43.2 Å². The maximum absolute atomic E-state index is 12.3. The number of hydrogen-bond acceptors (Lipinski definition) is 4. The maximum atomic E-state index is 12.3. The Morgan fingerprint density at radius 3 is 2.40 bits per heavy atom. The molecule has 1 fully saturated rings. The molecule has 0 unspecified atom stereocenters. The van der Waals surface area contributed by atoms with Crippen molar-refractivity contribution in [2.45, 2.75) is 32.2 Å². The molecule has 2 rings (SSSR count). The van der Waals surface area contributed by atoms with E-state index in [4.69, 9.17) is 4.74 Å². The van der Waals surface area contributed by atoms with Crippen molar-refractivity contribution in [1.29, 1.82) is 0 Å². The van der Waals surface area contributed by atoms with Crippen LogP contribution in [0.2, 0.25) is 0 Å². The summed E-state index contributed by atoms with van der Waals surface area (Å²) in [6.07, 6.45) is 1.56. The molecule has 4 heteroatoms. The lowest BCUT2D eigenvalue weighted by Crippen LogP contribution is -2.54. The van der Waals surface area contributed by atoms with Crippen LogP contribution in [0.4, 0.5) is 5.69 Å². The first-order valence-corrected chi connectivity index (χ1v) is 7.25. The molecule has 0 aliphatic carbocycles. The average Bonchev–Trinajstić information content (AvgIpc) is 2.49. The number of aryl methyl sites for hydroxylation is 1. The molecule has 1 aliphatic heterocycles. The molecule has 0 saturated carbocycles. The Hall–Kier alpha value is -1.55. The Morgan fingerprint density at radius 2 is 1.90 bits per heavy atom. The number of likely N-dealkylation sites (tertiary alicyclic amines) is 1. The Balaban J connectivity index is 2.16. The summed E-state index contributed by atoms with van der Waals surface area (Å²) in [6, 6.07) is 8.14. The fourth-order valence-electron chi connectivity index (χ4n) is 2.74. The topological polar surface area (TPSA) is 41.6 Å². The predicted octanol–water partition coefficient (Wildman–Crippen LogP) is 2.43. The highest BCUT2D eigenvalue weighted by molar-refractivity contribution is 5.84. The monoisotopic (exact) mass is 276 g/mol. The molecular formula is C16H24N2O2. The average molecular weight is 276 g/mol. The molecule has 1 heterocycles. The molecule has 1 aromatic rings. The smallest absolute Gasteiger partial charge is 0.331 e.